The molecule has 0 unspecified atom stereocenters. The lowest BCUT2D eigenvalue weighted by Crippen LogP contribution is -2.27. The van der Waals surface area contributed by atoms with Crippen LogP contribution < -0.4 is 10.2 Å². The van der Waals surface area contributed by atoms with Crippen LogP contribution in [0.25, 0.3) is 0 Å². The van der Waals surface area contributed by atoms with E-state index in [0.717, 1.165) is 31.2 Å². The van der Waals surface area contributed by atoms with Crippen LogP contribution in [0.3, 0.4) is 0 Å². The molecule has 3 rings (SSSR count). The summed E-state index contributed by atoms with van der Waals surface area (Å²) in [6.07, 6.45) is 3.96. The highest BCUT2D eigenvalue weighted by Crippen LogP contribution is 2.19. The van der Waals surface area contributed by atoms with Crippen LogP contribution in [0.2, 0.25) is 0 Å². The maximum Gasteiger partial charge on any atom is 0.287 e. The Morgan fingerprint density at radius 2 is 2.23 bits per heavy atom. The number of hydrogen-bond donors (Lipinski definition) is 1. The lowest BCUT2D eigenvalue weighted by Gasteiger charge is -2.17. The van der Waals surface area contributed by atoms with E-state index in [1.165, 1.54) is 12.3 Å². The minimum absolute atomic E-state index is 0.00763. The number of anilines is 2. The third-order valence-corrected chi connectivity index (χ3v) is 3.56. The molecule has 0 spiro atoms. The lowest BCUT2D eigenvalue weighted by atomic mass is 10.2. The fourth-order valence-corrected chi connectivity index (χ4v) is 2.44. The zero-order valence-corrected chi connectivity index (χ0v) is 12.1. The summed E-state index contributed by atoms with van der Waals surface area (Å²) in [6, 6.07) is 5.17. The van der Waals surface area contributed by atoms with Crippen LogP contribution in [0, 0.1) is 17.0 Å². The summed E-state index contributed by atoms with van der Waals surface area (Å²) in [7, 11) is 0. The van der Waals surface area contributed by atoms with Gasteiger partial charge in [-0.2, -0.15) is 0 Å². The monoisotopic (exact) mass is 300 g/mol. The number of nitro groups is 1. The number of aryl methyl sites for hydroxylation is 1. The van der Waals surface area contributed by atoms with E-state index in [9.17, 15) is 10.1 Å². The predicted octanol–water partition coefficient (Wildman–Crippen LogP) is 1.78. The maximum absolute atomic E-state index is 10.6. The SMILES string of the molecule is Cc1ccnc(N2CC[C@H](Nc3ccc([N+](=O)[O-])cn3)C2)n1. The minimum atomic E-state index is -0.455. The lowest BCUT2D eigenvalue weighted by molar-refractivity contribution is -0.385. The van der Waals surface area contributed by atoms with Gasteiger partial charge in [0.1, 0.15) is 12.0 Å². The van der Waals surface area contributed by atoms with E-state index in [0.29, 0.717) is 5.82 Å². The second kappa shape index (κ2) is 5.92. The Labute approximate surface area is 127 Å². The smallest absolute Gasteiger partial charge is 0.287 e. The molecule has 0 bridgehead atoms. The minimum Gasteiger partial charge on any atom is -0.365 e. The van der Waals surface area contributed by atoms with Crippen molar-refractivity contribution in [2.75, 3.05) is 23.3 Å². The first-order chi connectivity index (χ1) is 10.6. The van der Waals surface area contributed by atoms with Crippen LogP contribution in [-0.4, -0.2) is 39.0 Å². The number of hydrogen-bond acceptors (Lipinski definition) is 7. The molecule has 8 nitrogen and oxygen atoms in total. The van der Waals surface area contributed by atoms with Crippen molar-refractivity contribution in [3.8, 4) is 0 Å². The van der Waals surface area contributed by atoms with E-state index in [1.807, 2.05) is 13.0 Å². The first kappa shape index (κ1) is 14.2. The molecular weight excluding hydrogens is 284 g/mol. The van der Waals surface area contributed by atoms with E-state index in [2.05, 4.69) is 25.2 Å². The van der Waals surface area contributed by atoms with Crippen molar-refractivity contribution in [1.29, 1.82) is 0 Å². The van der Waals surface area contributed by atoms with Crippen molar-refractivity contribution in [1.82, 2.24) is 15.0 Å². The zero-order chi connectivity index (χ0) is 15.5. The summed E-state index contributed by atoms with van der Waals surface area (Å²) in [5.74, 6) is 1.38. The summed E-state index contributed by atoms with van der Waals surface area (Å²) >= 11 is 0. The van der Waals surface area contributed by atoms with E-state index >= 15 is 0 Å². The third kappa shape index (κ3) is 3.11. The molecule has 0 aliphatic carbocycles. The molecular formula is C14H16N6O2. The molecule has 1 aliphatic heterocycles. The van der Waals surface area contributed by atoms with Gasteiger partial charge in [-0.25, -0.2) is 15.0 Å². The van der Waals surface area contributed by atoms with Crippen molar-refractivity contribution < 1.29 is 4.92 Å². The van der Waals surface area contributed by atoms with Gasteiger partial charge >= 0.3 is 0 Å². The molecule has 2 aromatic heterocycles. The van der Waals surface area contributed by atoms with Gasteiger partial charge in [0.25, 0.3) is 5.69 Å². The quantitative estimate of drug-likeness (QED) is 0.679. The Morgan fingerprint density at radius 3 is 2.91 bits per heavy atom. The molecule has 0 aromatic carbocycles. The van der Waals surface area contributed by atoms with E-state index < -0.39 is 4.92 Å². The van der Waals surface area contributed by atoms with E-state index in [1.54, 1.807) is 12.3 Å². The fraction of sp³-hybridized carbons (Fsp3) is 0.357. The molecule has 0 amide bonds. The van der Waals surface area contributed by atoms with Crippen molar-refractivity contribution >= 4 is 17.5 Å². The summed E-state index contributed by atoms with van der Waals surface area (Å²) in [5.41, 5.74) is 0.935. The highest BCUT2D eigenvalue weighted by atomic mass is 16.6. The van der Waals surface area contributed by atoms with Crippen molar-refractivity contribution in [3.63, 3.8) is 0 Å². The fourth-order valence-electron chi connectivity index (χ4n) is 2.44. The topological polar surface area (TPSA) is 97.1 Å². The Morgan fingerprint density at radius 1 is 1.36 bits per heavy atom. The van der Waals surface area contributed by atoms with Gasteiger partial charge in [0.15, 0.2) is 0 Å². The molecule has 8 heteroatoms. The molecule has 114 valence electrons. The van der Waals surface area contributed by atoms with Gasteiger partial charge in [-0.3, -0.25) is 10.1 Å². The summed E-state index contributed by atoms with van der Waals surface area (Å²) in [5, 5.41) is 13.9. The van der Waals surface area contributed by atoms with Crippen molar-refractivity contribution in [2.45, 2.75) is 19.4 Å². The molecule has 0 saturated carbocycles. The first-order valence-electron chi connectivity index (χ1n) is 7.03. The average molecular weight is 300 g/mol. The second-order valence-electron chi connectivity index (χ2n) is 5.23. The highest BCUT2D eigenvalue weighted by molar-refractivity contribution is 5.43. The van der Waals surface area contributed by atoms with Crippen LogP contribution >= 0.6 is 0 Å². The van der Waals surface area contributed by atoms with E-state index in [-0.39, 0.29) is 11.7 Å². The Kier molecular flexibility index (Phi) is 3.82. The van der Waals surface area contributed by atoms with Gasteiger partial charge in [-0.15, -0.1) is 0 Å². The molecule has 1 N–H and O–H groups in total. The molecule has 1 saturated heterocycles. The standard InChI is InChI=1S/C14H16N6O2/c1-10-4-6-15-14(17-10)19-7-5-11(9-19)18-13-3-2-12(8-16-13)20(21)22/h2-4,6,8,11H,5,7,9H2,1H3,(H,16,18)/t11-/m0/s1. The van der Waals surface area contributed by atoms with Crippen LogP contribution in [-0.2, 0) is 0 Å². The van der Waals surface area contributed by atoms with Crippen LogP contribution in [0.5, 0.6) is 0 Å². The Balaban J connectivity index is 1.62. The normalized spacial score (nSPS) is 17.5. The molecule has 1 aliphatic rings. The summed E-state index contributed by atoms with van der Waals surface area (Å²) in [6.45, 7) is 3.59. The first-order valence-corrected chi connectivity index (χ1v) is 7.03. The van der Waals surface area contributed by atoms with Gasteiger partial charge in [-0.1, -0.05) is 0 Å². The van der Waals surface area contributed by atoms with Gasteiger partial charge in [0, 0.05) is 37.1 Å². The van der Waals surface area contributed by atoms with E-state index in [4.69, 9.17) is 0 Å². The molecule has 0 radical (unpaired) electrons. The summed E-state index contributed by atoms with van der Waals surface area (Å²) in [4.78, 5) is 25.1. The predicted molar refractivity (Wildman–Crippen MR) is 81.9 cm³/mol. The third-order valence-electron chi connectivity index (χ3n) is 3.56. The number of pyridine rings is 1. The maximum atomic E-state index is 10.6. The molecule has 3 heterocycles. The number of aromatic nitrogens is 3. The molecule has 2 aromatic rings. The molecule has 22 heavy (non-hydrogen) atoms. The Hall–Kier alpha value is -2.77. The summed E-state index contributed by atoms with van der Waals surface area (Å²) < 4.78 is 0. The second-order valence-corrected chi connectivity index (χ2v) is 5.23. The van der Waals surface area contributed by atoms with Crippen LogP contribution in [0.4, 0.5) is 17.5 Å². The largest absolute Gasteiger partial charge is 0.365 e. The molecule has 1 atom stereocenters. The molecule has 1 fully saturated rings. The number of nitrogens with one attached hydrogen (secondary N) is 1. The highest BCUT2D eigenvalue weighted by Gasteiger charge is 2.24. The van der Waals surface area contributed by atoms with Gasteiger partial charge in [-0.05, 0) is 25.5 Å². The number of rotatable bonds is 4. The average Bonchev–Trinajstić information content (AvgIpc) is 2.96. The Bertz CT molecular complexity index is 675. The zero-order valence-electron chi connectivity index (χ0n) is 12.1. The van der Waals surface area contributed by atoms with Crippen LogP contribution in [0.1, 0.15) is 12.1 Å². The van der Waals surface area contributed by atoms with Gasteiger partial charge < -0.3 is 10.2 Å². The van der Waals surface area contributed by atoms with Crippen molar-refractivity contribution in [2.24, 2.45) is 0 Å². The van der Waals surface area contributed by atoms with Gasteiger partial charge in [0.2, 0.25) is 5.95 Å². The van der Waals surface area contributed by atoms with Gasteiger partial charge in [0.05, 0.1) is 4.92 Å². The van der Waals surface area contributed by atoms with Crippen LogP contribution in [0.15, 0.2) is 30.6 Å². The van der Waals surface area contributed by atoms with Crippen molar-refractivity contribution in [3.05, 3.63) is 46.4 Å². The number of nitrogens with zero attached hydrogens (tertiary/aromatic N) is 5.